The van der Waals surface area contributed by atoms with Crippen LogP contribution < -0.4 is 10.1 Å². The average molecular weight is 599 g/mol. The number of nitrogens with zero attached hydrogens (tertiary/aromatic N) is 1. The molecule has 0 amide bonds. The Morgan fingerprint density at radius 2 is 1.64 bits per heavy atom. The number of hydrogen-bond acceptors (Lipinski definition) is 5. The fourth-order valence-corrected chi connectivity index (χ4v) is 5.73. The first-order chi connectivity index (χ1) is 19.8. The number of halogens is 3. The van der Waals surface area contributed by atoms with Gasteiger partial charge in [0.15, 0.2) is 0 Å². The second kappa shape index (κ2) is 12.7. The Bertz CT molecular complexity index is 1670. The van der Waals surface area contributed by atoms with Crippen LogP contribution in [0.2, 0.25) is 0 Å². The van der Waals surface area contributed by atoms with Gasteiger partial charge in [0.05, 0.1) is 16.9 Å². The zero-order valence-electron chi connectivity index (χ0n) is 22.9. The molecule has 0 fully saturated rings. The quantitative estimate of drug-likeness (QED) is 0.187. The summed E-state index contributed by atoms with van der Waals surface area (Å²) in [5, 5.41) is 12.3. The first-order valence-electron chi connectivity index (χ1n) is 13.0. The van der Waals surface area contributed by atoms with Crippen LogP contribution in [-0.4, -0.2) is 30.3 Å². The molecular formula is C31H29F3N2O5S. The highest BCUT2D eigenvalue weighted by molar-refractivity contribution is 7.89. The Labute approximate surface area is 242 Å². The van der Waals surface area contributed by atoms with Gasteiger partial charge in [-0.05, 0) is 84.8 Å². The fourth-order valence-electron chi connectivity index (χ4n) is 4.30. The molecular weight excluding hydrogens is 569 g/mol. The largest absolute Gasteiger partial charge is 0.481 e. The Hall–Kier alpha value is -4.35. The summed E-state index contributed by atoms with van der Waals surface area (Å²) in [6.07, 6.45) is -4.93. The molecule has 0 spiro atoms. The molecule has 220 valence electrons. The van der Waals surface area contributed by atoms with Crippen LogP contribution in [0.25, 0.3) is 0 Å². The monoisotopic (exact) mass is 598 g/mol. The van der Waals surface area contributed by atoms with Crippen LogP contribution in [0, 0.1) is 6.92 Å². The molecule has 0 saturated heterocycles. The number of sulfonamides is 1. The number of benzene rings is 4. The molecule has 0 aliphatic rings. The molecule has 0 aromatic heterocycles. The summed E-state index contributed by atoms with van der Waals surface area (Å²) >= 11 is 0. The van der Waals surface area contributed by atoms with Crippen LogP contribution in [0.5, 0.6) is 11.5 Å². The number of carboxylic acids is 1. The van der Waals surface area contributed by atoms with E-state index in [0.717, 1.165) is 33.8 Å². The molecule has 4 aromatic rings. The van der Waals surface area contributed by atoms with Crippen LogP contribution >= 0.6 is 0 Å². The van der Waals surface area contributed by atoms with Crippen molar-refractivity contribution in [3.05, 3.63) is 113 Å². The minimum atomic E-state index is -4.66. The highest BCUT2D eigenvalue weighted by Crippen LogP contribution is 2.36. The summed E-state index contributed by atoms with van der Waals surface area (Å²) in [7, 11) is -4.10. The van der Waals surface area contributed by atoms with Crippen LogP contribution in [0.4, 0.5) is 24.5 Å². The van der Waals surface area contributed by atoms with Gasteiger partial charge in [0.25, 0.3) is 0 Å². The second-order valence-corrected chi connectivity index (χ2v) is 11.5. The molecule has 0 saturated carbocycles. The highest BCUT2D eigenvalue weighted by atomic mass is 32.2. The average Bonchev–Trinajstić information content (AvgIpc) is 2.92. The normalized spacial score (nSPS) is 11.9. The number of nitrogens with one attached hydrogen (secondary N) is 1. The van der Waals surface area contributed by atoms with Gasteiger partial charge in [-0.3, -0.25) is 4.79 Å². The third-order valence-corrected chi connectivity index (χ3v) is 8.30. The molecule has 4 aromatic carbocycles. The number of anilines is 2. The number of ether oxygens (including phenoxy) is 1. The third-order valence-electron chi connectivity index (χ3n) is 6.37. The van der Waals surface area contributed by atoms with Gasteiger partial charge in [0, 0.05) is 30.0 Å². The summed E-state index contributed by atoms with van der Waals surface area (Å²) in [5.41, 5.74) is 2.05. The van der Waals surface area contributed by atoms with Crippen molar-refractivity contribution in [2.24, 2.45) is 0 Å². The summed E-state index contributed by atoms with van der Waals surface area (Å²) < 4.78 is 74.9. The van der Waals surface area contributed by atoms with Gasteiger partial charge in [-0.1, -0.05) is 31.2 Å². The summed E-state index contributed by atoms with van der Waals surface area (Å²) in [6.45, 7) is 3.14. The first-order valence-corrected chi connectivity index (χ1v) is 14.4. The van der Waals surface area contributed by atoms with Gasteiger partial charge >= 0.3 is 12.1 Å². The second-order valence-electron chi connectivity index (χ2n) is 9.59. The standard InChI is InChI=1S/C31H29F3N2O5S/c1-3-36(42(39,40)28-13-11-25(12-14-28)35-26-8-4-6-21(2)16-26)20-23-19-24(31(32,33)34)10-15-29(23)41-27-9-5-7-22(17-27)18-30(37)38/h4-17,19,35H,3,18,20H2,1-2H3,(H,37,38). The van der Waals surface area contributed by atoms with Crippen molar-refractivity contribution in [2.45, 2.75) is 37.9 Å². The molecule has 4 rings (SSSR count). The molecule has 11 heteroatoms. The number of alkyl halides is 3. The van der Waals surface area contributed by atoms with E-state index in [0.29, 0.717) is 11.3 Å². The molecule has 0 heterocycles. The number of aryl methyl sites for hydroxylation is 1. The van der Waals surface area contributed by atoms with Crippen molar-refractivity contribution in [3.63, 3.8) is 0 Å². The Morgan fingerprint density at radius 1 is 0.929 bits per heavy atom. The van der Waals surface area contributed by atoms with E-state index in [1.54, 1.807) is 31.2 Å². The van der Waals surface area contributed by atoms with Gasteiger partial charge in [-0.2, -0.15) is 17.5 Å². The molecule has 42 heavy (non-hydrogen) atoms. The number of hydrogen-bond donors (Lipinski definition) is 2. The van der Waals surface area contributed by atoms with E-state index in [9.17, 15) is 26.4 Å². The predicted octanol–water partition coefficient (Wildman–Crippen LogP) is 7.39. The molecule has 0 atom stereocenters. The molecule has 7 nitrogen and oxygen atoms in total. The van der Waals surface area contributed by atoms with Gasteiger partial charge in [0.1, 0.15) is 11.5 Å². The van der Waals surface area contributed by atoms with Gasteiger partial charge in [0.2, 0.25) is 10.0 Å². The van der Waals surface area contributed by atoms with E-state index >= 15 is 0 Å². The molecule has 0 aliphatic heterocycles. The van der Waals surface area contributed by atoms with Crippen LogP contribution in [-0.2, 0) is 34.0 Å². The Kier molecular flexibility index (Phi) is 9.23. The molecule has 0 bridgehead atoms. The van der Waals surface area contributed by atoms with Crippen molar-refractivity contribution in [1.82, 2.24) is 4.31 Å². The summed E-state index contributed by atoms with van der Waals surface area (Å²) in [6, 6.07) is 22.8. The maximum absolute atomic E-state index is 13.6. The van der Waals surface area contributed by atoms with Gasteiger partial charge in [-0.15, -0.1) is 0 Å². The van der Waals surface area contributed by atoms with E-state index in [1.165, 1.54) is 24.3 Å². The van der Waals surface area contributed by atoms with Crippen molar-refractivity contribution in [1.29, 1.82) is 0 Å². The smallest absolute Gasteiger partial charge is 0.416 e. The highest BCUT2D eigenvalue weighted by Gasteiger charge is 2.32. The van der Waals surface area contributed by atoms with E-state index in [-0.39, 0.29) is 34.9 Å². The number of carboxylic acid groups (broad SMARTS) is 1. The van der Waals surface area contributed by atoms with Gasteiger partial charge < -0.3 is 15.2 Å². The maximum atomic E-state index is 13.6. The summed E-state index contributed by atoms with van der Waals surface area (Å²) in [5.74, 6) is -0.829. The van der Waals surface area contributed by atoms with E-state index in [4.69, 9.17) is 9.84 Å². The minimum absolute atomic E-state index is 0.00313. The Balaban J connectivity index is 1.62. The molecule has 2 N–H and O–H groups in total. The van der Waals surface area contributed by atoms with Gasteiger partial charge in [-0.25, -0.2) is 8.42 Å². The van der Waals surface area contributed by atoms with Crippen LogP contribution in [0.15, 0.2) is 95.9 Å². The van der Waals surface area contributed by atoms with Crippen molar-refractivity contribution < 1.29 is 36.2 Å². The fraction of sp³-hybridized carbons (Fsp3) is 0.194. The number of carbonyl (C=O) groups is 1. The Morgan fingerprint density at radius 3 is 2.29 bits per heavy atom. The van der Waals surface area contributed by atoms with Crippen molar-refractivity contribution >= 4 is 27.4 Å². The summed E-state index contributed by atoms with van der Waals surface area (Å²) in [4.78, 5) is 11.1. The molecule has 0 aliphatic carbocycles. The molecule has 0 unspecified atom stereocenters. The third kappa shape index (κ3) is 7.68. The zero-order chi connectivity index (χ0) is 30.5. The van der Waals surface area contributed by atoms with E-state index in [2.05, 4.69) is 5.32 Å². The SMILES string of the molecule is CCN(Cc1cc(C(F)(F)F)ccc1Oc1cccc(CC(=O)O)c1)S(=O)(=O)c1ccc(Nc2cccc(C)c2)cc1. The molecule has 0 radical (unpaired) electrons. The van der Waals surface area contributed by atoms with E-state index < -0.39 is 34.3 Å². The number of rotatable bonds is 11. The van der Waals surface area contributed by atoms with Crippen LogP contribution in [0.1, 0.15) is 29.2 Å². The topological polar surface area (TPSA) is 95.9 Å². The lowest BCUT2D eigenvalue weighted by Gasteiger charge is -2.23. The zero-order valence-corrected chi connectivity index (χ0v) is 23.7. The maximum Gasteiger partial charge on any atom is 0.416 e. The van der Waals surface area contributed by atoms with Crippen LogP contribution in [0.3, 0.4) is 0 Å². The number of aliphatic carboxylic acids is 1. The first kappa shape index (κ1) is 30.6. The van der Waals surface area contributed by atoms with Crippen molar-refractivity contribution in [2.75, 3.05) is 11.9 Å². The minimum Gasteiger partial charge on any atom is -0.481 e. The lowest BCUT2D eigenvalue weighted by molar-refractivity contribution is -0.138. The predicted molar refractivity (Wildman–Crippen MR) is 153 cm³/mol. The lowest BCUT2D eigenvalue weighted by Crippen LogP contribution is -2.30. The lowest BCUT2D eigenvalue weighted by atomic mass is 10.1. The van der Waals surface area contributed by atoms with E-state index in [1.807, 2.05) is 31.2 Å². The van der Waals surface area contributed by atoms with Crippen molar-refractivity contribution in [3.8, 4) is 11.5 Å².